The van der Waals surface area contributed by atoms with Crippen molar-refractivity contribution in [1.29, 1.82) is 0 Å². The summed E-state index contributed by atoms with van der Waals surface area (Å²) in [6.07, 6.45) is 1.54. The number of rotatable bonds is 5. The monoisotopic (exact) mass is 460 g/mol. The van der Waals surface area contributed by atoms with Crippen LogP contribution in [0.4, 0.5) is 10.5 Å². The number of para-hydroxylation sites is 1. The highest BCUT2D eigenvalue weighted by Crippen LogP contribution is 2.52. The van der Waals surface area contributed by atoms with Crippen molar-refractivity contribution in [1.82, 2.24) is 15.2 Å². The largest absolute Gasteiger partial charge is 0.497 e. The molecule has 0 saturated carbocycles. The molecule has 0 saturated heterocycles. The topological polar surface area (TPSA) is 77.7 Å². The summed E-state index contributed by atoms with van der Waals surface area (Å²) in [6, 6.07) is 13.6. The molecule has 7 nitrogen and oxygen atoms in total. The number of aromatic nitrogens is 1. The van der Waals surface area contributed by atoms with Gasteiger partial charge in [0.1, 0.15) is 5.75 Å². The number of anilines is 1. The minimum Gasteiger partial charge on any atom is -0.497 e. The van der Waals surface area contributed by atoms with Crippen molar-refractivity contribution in [2.75, 3.05) is 31.6 Å². The summed E-state index contributed by atoms with van der Waals surface area (Å²) in [5.74, 6) is 1.16. The van der Waals surface area contributed by atoms with E-state index in [-0.39, 0.29) is 11.9 Å². The van der Waals surface area contributed by atoms with Gasteiger partial charge in [0.05, 0.1) is 18.5 Å². The molecule has 34 heavy (non-hydrogen) atoms. The van der Waals surface area contributed by atoms with Crippen LogP contribution in [-0.4, -0.2) is 48.6 Å². The van der Waals surface area contributed by atoms with Crippen LogP contribution in [0.1, 0.15) is 44.0 Å². The molecular weight excluding hydrogens is 428 g/mol. The summed E-state index contributed by atoms with van der Waals surface area (Å²) in [4.78, 5) is 35.1. The fourth-order valence-electron chi connectivity index (χ4n) is 5.50. The first kappa shape index (κ1) is 22.3. The van der Waals surface area contributed by atoms with Crippen LogP contribution < -0.4 is 15.0 Å². The van der Waals surface area contributed by atoms with E-state index in [1.54, 1.807) is 12.0 Å². The number of fused-ring (bicyclic) bond motifs is 6. The minimum atomic E-state index is -1.23. The van der Waals surface area contributed by atoms with Gasteiger partial charge in [-0.25, -0.2) is 4.79 Å². The van der Waals surface area contributed by atoms with E-state index >= 15 is 0 Å². The zero-order valence-corrected chi connectivity index (χ0v) is 20.3. The molecule has 0 fully saturated rings. The number of carbonyl (C=O) groups excluding carboxylic acids is 2. The predicted octanol–water partition coefficient (Wildman–Crippen LogP) is 4.40. The Morgan fingerprint density at radius 2 is 2.03 bits per heavy atom. The van der Waals surface area contributed by atoms with Crippen LogP contribution in [0, 0.1) is 5.92 Å². The number of carbonyl (C=O) groups is 2. The zero-order valence-electron chi connectivity index (χ0n) is 20.3. The lowest BCUT2D eigenvalue weighted by molar-refractivity contribution is -0.126. The van der Waals surface area contributed by atoms with Gasteiger partial charge in [-0.3, -0.25) is 4.79 Å². The number of aromatic amines is 1. The molecule has 3 heterocycles. The quantitative estimate of drug-likeness (QED) is 0.592. The number of nitrogens with one attached hydrogen (secondary N) is 2. The fraction of sp³-hybridized carbons (Fsp3) is 0.407. The Morgan fingerprint density at radius 1 is 1.24 bits per heavy atom. The molecule has 2 aromatic carbocycles. The van der Waals surface area contributed by atoms with Gasteiger partial charge in [0, 0.05) is 36.1 Å². The highest BCUT2D eigenvalue weighted by Gasteiger charge is 2.60. The van der Waals surface area contributed by atoms with Gasteiger partial charge in [-0.2, -0.15) is 0 Å². The first-order chi connectivity index (χ1) is 16.4. The van der Waals surface area contributed by atoms with Crippen molar-refractivity contribution in [3.8, 4) is 5.75 Å². The summed E-state index contributed by atoms with van der Waals surface area (Å²) in [5, 5.41) is 3.99. The average Bonchev–Trinajstić information content (AvgIpc) is 3.32. The van der Waals surface area contributed by atoms with Gasteiger partial charge in [-0.15, -0.1) is 0 Å². The third kappa shape index (κ3) is 3.10. The minimum absolute atomic E-state index is 0.0694. The number of urea groups is 1. The summed E-state index contributed by atoms with van der Waals surface area (Å²) in [6.45, 7) is 7.77. The van der Waals surface area contributed by atoms with Crippen LogP contribution in [0.15, 0.2) is 42.5 Å². The third-order valence-electron chi connectivity index (χ3n) is 7.11. The number of nitrogens with zero attached hydrogens (tertiary/aromatic N) is 2. The molecule has 1 spiro atoms. The van der Waals surface area contributed by atoms with Crippen LogP contribution in [0.5, 0.6) is 5.75 Å². The molecule has 3 aromatic rings. The van der Waals surface area contributed by atoms with E-state index in [1.165, 1.54) is 0 Å². The van der Waals surface area contributed by atoms with Crippen molar-refractivity contribution in [3.63, 3.8) is 0 Å². The van der Waals surface area contributed by atoms with Crippen LogP contribution in [-0.2, 0) is 16.8 Å². The van der Waals surface area contributed by atoms with Gasteiger partial charge < -0.3 is 24.8 Å². The maximum Gasteiger partial charge on any atom is 0.318 e. The van der Waals surface area contributed by atoms with E-state index in [0.717, 1.165) is 45.6 Å². The summed E-state index contributed by atoms with van der Waals surface area (Å²) >= 11 is 0. The van der Waals surface area contributed by atoms with Crippen LogP contribution in [0.3, 0.4) is 0 Å². The van der Waals surface area contributed by atoms with E-state index in [0.29, 0.717) is 32.0 Å². The number of H-pyrrole nitrogens is 1. The van der Waals surface area contributed by atoms with Gasteiger partial charge in [-0.1, -0.05) is 32.0 Å². The van der Waals surface area contributed by atoms with Crippen molar-refractivity contribution >= 4 is 28.5 Å². The molecule has 0 bridgehead atoms. The fourth-order valence-corrected chi connectivity index (χ4v) is 5.50. The first-order valence-electron chi connectivity index (χ1n) is 12.1. The SMILES string of the molecule is CCNC(=O)N1CCc2c([nH]c3ccc(OC)cc23)C12C(=O)N(CCC(C)C)c1ccccc12. The molecule has 2 aliphatic rings. The maximum absolute atomic E-state index is 14.5. The second-order valence-electron chi connectivity index (χ2n) is 9.49. The van der Waals surface area contributed by atoms with Crippen molar-refractivity contribution in [3.05, 3.63) is 59.3 Å². The van der Waals surface area contributed by atoms with Gasteiger partial charge in [0.25, 0.3) is 5.91 Å². The van der Waals surface area contributed by atoms with Crippen LogP contribution >= 0.6 is 0 Å². The Bertz CT molecular complexity index is 1260. The highest BCUT2D eigenvalue weighted by molar-refractivity contribution is 6.12. The van der Waals surface area contributed by atoms with Crippen molar-refractivity contribution < 1.29 is 14.3 Å². The molecule has 0 aliphatic carbocycles. The molecule has 2 N–H and O–H groups in total. The Balaban J connectivity index is 1.78. The molecular formula is C27H32N4O3. The predicted molar refractivity (Wildman–Crippen MR) is 133 cm³/mol. The lowest BCUT2D eigenvalue weighted by Crippen LogP contribution is -2.61. The summed E-state index contributed by atoms with van der Waals surface area (Å²) < 4.78 is 5.48. The Hall–Kier alpha value is -3.48. The first-order valence-corrected chi connectivity index (χ1v) is 12.1. The summed E-state index contributed by atoms with van der Waals surface area (Å²) in [7, 11) is 1.65. The van der Waals surface area contributed by atoms with Gasteiger partial charge in [-0.05, 0) is 55.5 Å². The second-order valence-corrected chi connectivity index (χ2v) is 9.49. The second kappa shape index (κ2) is 8.38. The molecule has 1 atom stereocenters. The van der Waals surface area contributed by atoms with Gasteiger partial charge >= 0.3 is 6.03 Å². The third-order valence-corrected chi connectivity index (χ3v) is 7.11. The molecule has 1 aromatic heterocycles. The Morgan fingerprint density at radius 3 is 2.76 bits per heavy atom. The van der Waals surface area contributed by atoms with Crippen molar-refractivity contribution in [2.24, 2.45) is 5.92 Å². The molecule has 178 valence electrons. The number of ether oxygens (including phenoxy) is 1. The van der Waals surface area contributed by atoms with E-state index in [9.17, 15) is 9.59 Å². The number of methoxy groups -OCH3 is 1. The average molecular weight is 461 g/mol. The smallest absolute Gasteiger partial charge is 0.318 e. The van der Waals surface area contributed by atoms with Gasteiger partial charge in [0.15, 0.2) is 5.54 Å². The van der Waals surface area contributed by atoms with Crippen molar-refractivity contribution in [2.45, 2.75) is 39.2 Å². The standard InChI is InChI=1S/C27H32N4O3/c1-5-28-26(33)31-15-13-19-20-16-18(34-4)10-11-22(20)29-24(19)27(31)21-8-6-7-9-23(21)30(25(27)32)14-12-17(2)3/h6-11,16-17,29H,5,12-15H2,1-4H3,(H,28,33). The number of hydrogen-bond acceptors (Lipinski definition) is 3. The van der Waals surface area contributed by atoms with E-state index in [4.69, 9.17) is 4.74 Å². The Labute approximate surface area is 200 Å². The number of benzene rings is 2. The normalized spacial score (nSPS) is 19.1. The van der Waals surface area contributed by atoms with Gasteiger partial charge in [0.2, 0.25) is 0 Å². The van der Waals surface area contributed by atoms with E-state index in [2.05, 4.69) is 24.1 Å². The highest BCUT2D eigenvalue weighted by atomic mass is 16.5. The van der Waals surface area contributed by atoms with E-state index < -0.39 is 5.54 Å². The van der Waals surface area contributed by atoms with Crippen LogP contribution in [0.2, 0.25) is 0 Å². The molecule has 5 rings (SSSR count). The lowest BCUT2D eigenvalue weighted by atomic mass is 9.80. The number of hydrogen-bond donors (Lipinski definition) is 2. The van der Waals surface area contributed by atoms with E-state index in [1.807, 2.05) is 54.3 Å². The zero-order chi connectivity index (χ0) is 24.0. The number of amides is 3. The molecule has 1 unspecified atom stereocenters. The Kier molecular flexibility index (Phi) is 5.50. The maximum atomic E-state index is 14.5. The molecule has 0 radical (unpaired) electrons. The molecule has 7 heteroatoms. The molecule has 3 amide bonds. The summed E-state index contributed by atoms with van der Waals surface area (Å²) in [5.41, 5.74) is 3.31. The van der Waals surface area contributed by atoms with Crippen LogP contribution in [0.25, 0.3) is 10.9 Å². The lowest BCUT2D eigenvalue weighted by Gasteiger charge is -2.43. The molecule has 2 aliphatic heterocycles.